The lowest BCUT2D eigenvalue weighted by atomic mass is 10.2. The van der Waals surface area contributed by atoms with Gasteiger partial charge < -0.3 is 9.05 Å². The lowest BCUT2D eigenvalue weighted by Crippen LogP contribution is -1.87. The third kappa shape index (κ3) is 5.99. The van der Waals surface area contributed by atoms with Crippen molar-refractivity contribution in [3.05, 3.63) is 37.0 Å². The molecule has 0 rings (SSSR count). The van der Waals surface area contributed by atoms with Crippen LogP contribution >= 0.6 is 9.03 Å². The van der Waals surface area contributed by atoms with Crippen LogP contribution in [0.25, 0.3) is 0 Å². The minimum absolute atomic E-state index is 0.0922. The van der Waals surface area contributed by atoms with Gasteiger partial charge >= 0.3 is 0 Å². The van der Waals surface area contributed by atoms with E-state index in [-0.39, 0.29) is 9.03 Å². The van der Waals surface area contributed by atoms with Crippen LogP contribution in [-0.2, 0) is 9.05 Å². The fraction of sp³-hybridized carbons (Fsp3) is 0.250. The van der Waals surface area contributed by atoms with Crippen molar-refractivity contribution in [3.8, 4) is 0 Å². The van der Waals surface area contributed by atoms with Gasteiger partial charge in [0.15, 0.2) is 9.03 Å². The molecule has 1 atom stereocenters. The molecule has 0 N–H and O–H groups in total. The van der Waals surface area contributed by atoms with Crippen LogP contribution in [0.4, 0.5) is 0 Å². The van der Waals surface area contributed by atoms with E-state index in [0.29, 0.717) is 6.61 Å². The average Bonchev–Trinajstić information content (AvgIpc) is 2.03. The molecule has 0 amide bonds. The lowest BCUT2D eigenvalue weighted by Gasteiger charge is -2.00. The molecule has 2 nitrogen and oxygen atoms in total. The Morgan fingerprint density at radius 1 is 1.55 bits per heavy atom. The molecule has 0 aliphatic rings. The van der Waals surface area contributed by atoms with Crippen molar-refractivity contribution in [3.63, 3.8) is 0 Å². The first-order valence-electron chi connectivity index (χ1n) is 3.19. The van der Waals surface area contributed by atoms with Gasteiger partial charge in [-0.05, 0) is 5.57 Å². The molecule has 0 saturated carbocycles. The predicted molar refractivity (Wildman–Crippen MR) is 49.8 cm³/mol. The van der Waals surface area contributed by atoms with Crippen LogP contribution < -0.4 is 0 Å². The van der Waals surface area contributed by atoms with Crippen LogP contribution in [0, 0.1) is 0 Å². The van der Waals surface area contributed by atoms with Gasteiger partial charge in [-0.2, -0.15) is 0 Å². The molecule has 0 aliphatic carbocycles. The second-order valence-corrected chi connectivity index (χ2v) is 2.62. The van der Waals surface area contributed by atoms with Crippen LogP contribution in [0.1, 0.15) is 0 Å². The van der Waals surface area contributed by atoms with E-state index >= 15 is 0 Å². The third-order valence-corrected chi connectivity index (χ3v) is 1.40. The van der Waals surface area contributed by atoms with E-state index in [9.17, 15) is 0 Å². The van der Waals surface area contributed by atoms with E-state index in [2.05, 4.69) is 13.2 Å². The van der Waals surface area contributed by atoms with Gasteiger partial charge in [-0.1, -0.05) is 31.4 Å². The summed E-state index contributed by atoms with van der Waals surface area (Å²) in [5.41, 5.74) is 1.00. The van der Waals surface area contributed by atoms with Crippen LogP contribution in [-0.4, -0.2) is 13.7 Å². The van der Waals surface area contributed by atoms with E-state index in [1.165, 1.54) is 0 Å². The van der Waals surface area contributed by atoms with Gasteiger partial charge in [-0.3, -0.25) is 0 Å². The molecule has 0 aromatic carbocycles. The summed E-state index contributed by atoms with van der Waals surface area (Å²) in [5.74, 6) is 0. The molecular weight excluding hydrogens is 159 g/mol. The Balaban J connectivity index is 3.60. The van der Waals surface area contributed by atoms with Gasteiger partial charge in [0, 0.05) is 7.11 Å². The fourth-order valence-electron chi connectivity index (χ4n) is 0.498. The minimum Gasteiger partial charge on any atom is -0.340 e. The second-order valence-electron chi connectivity index (χ2n) is 1.76. The summed E-state index contributed by atoms with van der Waals surface area (Å²) < 4.78 is 9.84. The Bertz CT molecular complexity index is 152. The summed E-state index contributed by atoms with van der Waals surface area (Å²) in [5, 5.41) is 0. The van der Waals surface area contributed by atoms with Crippen molar-refractivity contribution >= 4 is 9.03 Å². The highest BCUT2D eigenvalue weighted by Gasteiger charge is 1.89. The van der Waals surface area contributed by atoms with Crippen molar-refractivity contribution in [1.82, 2.24) is 0 Å². The van der Waals surface area contributed by atoms with Gasteiger partial charge in [0.05, 0.1) is 6.61 Å². The molecule has 0 spiro atoms. The maximum absolute atomic E-state index is 5.11. The average molecular weight is 172 g/mol. The summed E-state index contributed by atoms with van der Waals surface area (Å²) in [6.45, 7) is 7.72. The van der Waals surface area contributed by atoms with E-state index in [0.717, 1.165) is 5.57 Å². The number of allylic oxidation sites excluding steroid dienone is 2. The zero-order valence-corrected chi connectivity index (χ0v) is 7.67. The zero-order valence-electron chi connectivity index (χ0n) is 6.67. The Labute approximate surface area is 69.5 Å². The normalized spacial score (nSPS) is 12.3. The summed E-state index contributed by atoms with van der Waals surface area (Å²) in [6.07, 6.45) is 5.30. The van der Waals surface area contributed by atoms with Gasteiger partial charge in [0.1, 0.15) is 0 Å². The molecule has 0 aromatic heterocycles. The van der Waals surface area contributed by atoms with Gasteiger partial charge in [-0.15, -0.1) is 0 Å². The quantitative estimate of drug-likeness (QED) is 0.348. The summed E-state index contributed by atoms with van der Waals surface area (Å²) in [4.78, 5) is 0. The molecular formula is C8H13O2P. The van der Waals surface area contributed by atoms with Crippen LogP contribution in [0.5, 0.6) is 0 Å². The Hall–Kier alpha value is -0.430. The largest absolute Gasteiger partial charge is 0.340 e. The van der Waals surface area contributed by atoms with Crippen LogP contribution in [0.15, 0.2) is 37.0 Å². The van der Waals surface area contributed by atoms with Crippen molar-refractivity contribution < 1.29 is 9.05 Å². The molecule has 3 heteroatoms. The Morgan fingerprint density at radius 2 is 2.27 bits per heavy atom. The monoisotopic (exact) mass is 172 g/mol. The number of hydrogen-bond acceptors (Lipinski definition) is 2. The molecule has 62 valence electrons. The molecule has 11 heavy (non-hydrogen) atoms. The zero-order chi connectivity index (χ0) is 8.53. The second kappa shape index (κ2) is 7.67. The molecule has 0 aromatic rings. The van der Waals surface area contributed by atoms with E-state index in [1.807, 2.05) is 6.08 Å². The molecule has 1 unspecified atom stereocenters. The molecule has 0 saturated heterocycles. The van der Waals surface area contributed by atoms with Gasteiger partial charge in [0.2, 0.25) is 0 Å². The van der Waals surface area contributed by atoms with Crippen LogP contribution in [0.2, 0.25) is 0 Å². The minimum atomic E-state index is 0.0922. The molecule has 0 aliphatic heterocycles. The highest BCUT2D eigenvalue weighted by molar-refractivity contribution is 7.26. The summed E-state index contributed by atoms with van der Waals surface area (Å²) in [6, 6.07) is 0. The van der Waals surface area contributed by atoms with Crippen molar-refractivity contribution in [2.45, 2.75) is 0 Å². The van der Waals surface area contributed by atoms with E-state index in [1.54, 1.807) is 19.3 Å². The molecule has 0 fully saturated rings. The first-order chi connectivity index (χ1) is 5.35. The van der Waals surface area contributed by atoms with Gasteiger partial charge in [0.25, 0.3) is 0 Å². The molecule has 0 heterocycles. The SMILES string of the molecule is C=C/C=C(\C=C)COPOC. The number of rotatable bonds is 6. The smallest absolute Gasteiger partial charge is 0.155 e. The maximum Gasteiger partial charge on any atom is 0.155 e. The highest BCUT2D eigenvalue weighted by Crippen LogP contribution is 2.13. The maximum atomic E-state index is 5.11. The lowest BCUT2D eigenvalue weighted by molar-refractivity contribution is 0.328. The van der Waals surface area contributed by atoms with Crippen molar-refractivity contribution in [2.24, 2.45) is 0 Å². The first kappa shape index (κ1) is 10.6. The number of hydrogen-bond donors (Lipinski definition) is 0. The first-order valence-corrected chi connectivity index (χ1v) is 4.00. The van der Waals surface area contributed by atoms with Crippen molar-refractivity contribution in [1.29, 1.82) is 0 Å². The fourth-order valence-corrected chi connectivity index (χ4v) is 0.842. The van der Waals surface area contributed by atoms with Crippen molar-refractivity contribution in [2.75, 3.05) is 13.7 Å². The van der Waals surface area contributed by atoms with E-state index < -0.39 is 0 Å². The van der Waals surface area contributed by atoms with E-state index in [4.69, 9.17) is 9.05 Å². The summed E-state index contributed by atoms with van der Waals surface area (Å²) in [7, 11) is 1.69. The Kier molecular flexibility index (Phi) is 7.37. The van der Waals surface area contributed by atoms with Crippen LogP contribution in [0.3, 0.4) is 0 Å². The van der Waals surface area contributed by atoms with Gasteiger partial charge in [-0.25, -0.2) is 0 Å². The standard InChI is InChI=1S/C8H13O2P/c1-4-6-8(5-2)7-10-11-9-3/h4-6,11H,1-2,7H2,3H3/b8-6+. The highest BCUT2D eigenvalue weighted by atomic mass is 31.1. The topological polar surface area (TPSA) is 18.5 Å². The summed E-state index contributed by atoms with van der Waals surface area (Å²) >= 11 is 0. The predicted octanol–water partition coefficient (Wildman–Crippen LogP) is 2.46. The Morgan fingerprint density at radius 3 is 2.73 bits per heavy atom. The molecule has 0 radical (unpaired) electrons. The third-order valence-electron chi connectivity index (χ3n) is 0.975. The molecule has 0 bridgehead atoms.